The Morgan fingerprint density at radius 2 is 1.65 bits per heavy atom. The van der Waals surface area contributed by atoms with Crippen LogP contribution < -0.4 is 5.69 Å². The molecule has 34 heavy (non-hydrogen) atoms. The van der Waals surface area contributed by atoms with Gasteiger partial charge in [0.05, 0.1) is 17.7 Å². The Bertz CT molecular complexity index is 1100. The molecule has 2 aliphatic rings. The predicted octanol–water partition coefficient (Wildman–Crippen LogP) is 3.52. The third-order valence-electron chi connectivity index (χ3n) is 6.39. The SMILES string of the molecule is CC(C)CN1CCN(Cn2c(=O)n(C3=CCN(C(=O)OC(C)(C)C)CC3)c3ccccc32)CC1. The van der Waals surface area contributed by atoms with Crippen molar-refractivity contribution in [3.63, 3.8) is 0 Å². The van der Waals surface area contributed by atoms with E-state index in [4.69, 9.17) is 4.74 Å². The van der Waals surface area contributed by atoms with Gasteiger partial charge in [0.15, 0.2) is 0 Å². The number of hydrogen-bond donors (Lipinski definition) is 0. The third-order valence-corrected chi connectivity index (χ3v) is 6.39. The molecule has 0 N–H and O–H groups in total. The minimum absolute atomic E-state index is 0.0113. The number of nitrogens with zero attached hydrogens (tertiary/aromatic N) is 5. The number of hydrogen-bond acceptors (Lipinski definition) is 5. The summed E-state index contributed by atoms with van der Waals surface area (Å²) < 4.78 is 9.23. The van der Waals surface area contributed by atoms with E-state index in [-0.39, 0.29) is 11.8 Å². The molecule has 0 saturated carbocycles. The molecule has 0 aliphatic carbocycles. The molecule has 0 atom stereocenters. The maximum absolute atomic E-state index is 13.6. The molecular weight excluding hydrogens is 430 g/mol. The van der Waals surface area contributed by atoms with Crippen molar-refractivity contribution >= 4 is 22.8 Å². The van der Waals surface area contributed by atoms with Crippen molar-refractivity contribution in [2.45, 2.75) is 53.3 Å². The molecule has 8 nitrogen and oxygen atoms in total. The highest BCUT2D eigenvalue weighted by Gasteiger charge is 2.26. The largest absolute Gasteiger partial charge is 0.444 e. The second kappa shape index (κ2) is 9.96. The summed E-state index contributed by atoms with van der Waals surface area (Å²) in [6.07, 6.45) is 2.28. The Labute approximate surface area is 202 Å². The molecule has 1 aromatic carbocycles. The lowest BCUT2D eigenvalue weighted by molar-refractivity contribution is 0.0269. The van der Waals surface area contributed by atoms with Gasteiger partial charge in [0, 0.05) is 57.9 Å². The molecule has 1 amide bonds. The quantitative estimate of drug-likeness (QED) is 0.671. The molecule has 4 rings (SSSR count). The number of amides is 1. The van der Waals surface area contributed by atoms with Crippen LogP contribution in [0.25, 0.3) is 16.7 Å². The predicted molar refractivity (Wildman–Crippen MR) is 136 cm³/mol. The molecule has 3 heterocycles. The Morgan fingerprint density at radius 1 is 1.00 bits per heavy atom. The van der Waals surface area contributed by atoms with Crippen molar-refractivity contribution in [2.24, 2.45) is 5.92 Å². The molecule has 1 fully saturated rings. The van der Waals surface area contributed by atoms with Crippen LogP contribution in [0.4, 0.5) is 4.79 Å². The van der Waals surface area contributed by atoms with Crippen molar-refractivity contribution in [3.05, 3.63) is 40.8 Å². The second-order valence-corrected chi connectivity index (χ2v) is 10.9. The zero-order valence-electron chi connectivity index (χ0n) is 21.3. The zero-order valence-corrected chi connectivity index (χ0v) is 21.3. The average Bonchev–Trinajstić information content (AvgIpc) is 3.05. The number of ether oxygens (including phenoxy) is 1. The molecular formula is C26H39N5O3. The van der Waals surface area contributed by atoms with E-state index in [0.29, 0.717) is 32.1 Å². The van der Waals surface area contributed by atoms with Crippen LogP contribution in [0.2, 0.25) is 0 Å². The fourth-order valence-electron chi connectivity index (χ4n) is 4.81. The summed E-state index contributed by atoms with van der Waals surface area (Å²) in [6, 6.07) is 8.00. The Morgan fingerprint density at radius 3 is 2.24 bits per heavy atom. The van der Waals surface area contributed by atoms with Gasteiger partial charge >= 0.3 is 11.8 Å². The highest BCUT2D eigenvalue weighted by atomic mass is 16.6. The number of imidazole rings is 1. The summed E-state index contributed by atoms with van der Waals surface area (Å²) in [4.78, 5) is 32.6. The molecule has 2 aromatic rings. The van der Waals surface area contributed by atoms with Gasteiger partial charge in [-0.05, 0) is 44.9 Å². The number of carbonyl (C=O) groups excluding carboxylic acids is 1. The van der Waals surface area contributed by atoms with Crippen molar-refractivity contribution in [3.8, 4) is 0 Å². The molecule has 2 aliphatic heterocycles. The maximum Gasteiger partial charge on any atom is 0.410 e. The number of para-hydroxylation sites is 2. The van der Waals surface area contributed by atoms with Crippen molar-refractivity contribution < 1.29 is 9.53 Å². The highest BCUT2D eigenvalue weighted by molar-refractivity contribution is 5.80. The van der Waals surface area contributed by atoms with E-state index < -0.39 is 5.60 Å². The van der Waals surface area contributed by atoms with Crippen molar-refractivity contribution in [2.75, 3.05) is 45.8 Å². The molecule has 0 unspecified atom stereocenters. The van der Waals surface area contributed by atoms with Crippen LogP contribution in [0.5, 0.6) is 0 Å². The number of benzene rings is 1. The first-order chi connectivity index (χ1) is 16.1. The van der Waals surface area contributed by atoms with Crippen LogP contribution in [0.15, 0.2) is 35.1 Å². The van der Waals surface area contributed by atoms with Gasteiger partial charge in [-0.3, -0.25) is 14.0 Å². The average molecular weight is 470 g/mol. The first-order valence-electron chi connectivity index (χ1n) is 12.4. The van der Waals surface area contributed by atoms with Crippen LogP contribution in [-0.4, -0.2) is 81.3 Å². The van der Waals surface area contributed by atoms with Crippen LogP contribution >= 0.6 is 0 Å². The van der Waals surface area contributed by atoms with E-state index in [0.717, 1.165) is 49.5 Å². The fraction of sp³-hybridized carbons (Fsp3) is 0.615. The van der Waals surface area contributed by atoms with Gasteiger partial charge in [0.2, 0.25) is 0 Å². The number of aromatic nitrogens is 2. The summed E-state index contributed by atoms with van der Waals surface area (Å²) >= 11 is 0. The maximum atomic E-state index is 13.6. The monoisotopic (exact) mass is 469 g/mol. The van der Waals surface area contributed by atoms with E-state index in [9.17, 15) is 9.59 Å². The van der Waals surface area contributed by atoms with Crippen LogP contribution in [-0.2, 0) is 11.4 Å². The molecule has 8 heteroatoms. The van der Waals surface area contributed by atoms with Gasteiger partial charge in [0.1, 0.15) is 5.60 Å². The summed E-state index contributed by atoms with van der Waals surface area (Å²) in [5.41, 5.74) is 2.28. The van der Waals surface area contributed by atoms with E-state index in [2.05, 4.69) is 23.6 Å². The van der Waals surface area contributed by atoms with Crippen LogP contribution in [0.1, 0.15) is 41.0 Å². The Balaban J connectivity index is 1.53. The third kappa shape index (κ3) is 5.55. The Hall–Kier alpha value is -2.58. The summed E-state index contributed by atoms with van der Waals surface area (Å²) in [7, 11) is 0. The second-order valence-electron chi connectivity index (χ2n) is 10.9. The van der Waals surface area contributed by atoms with E-state index in [1.165, 1.54) is 0 Å². The molecule has 0 bridgehead atoms. The molecule has 1 aromatic heterocycles. The molecule has 0 spiro atoms. The minimum Gasteiger partial charge on any atom is -0.444 e. The van der Waals surface area contributed by atoms with Gasteiger partial charge in [-0.2, -0.15) is 0 Å². The van der Waals surface area contributed by atoms with Crippen LogP contribution in [0, 0.1) is 5.92 Å². The first kappa shape index (κ1) is 24.5. The number of piperazine rings is 1. The fourth-order valence-corrected chi connectivity index (χ4v) is 4.81. The van der Waals surface area contributed by atoms with Crippen LogP contribution in [0.3, 0.4) is 0 Å². The van der Waals surface area contributed by atoms with Gasteiger partial charge in [-0.15, -0.1) is 0 Å². The standard InChI is InChI=1S/C26H39N5O3/c1-20(2)18-27-14-16-28(17-15-27)19-30-22-8-6-7-9-23(22)31(24(30)32)21-10-12-29(13-11-21)25(33)34-26(3,4)5/h6-10,20H,11-19H2,1-5H3. The molecule has 0 radical (unpaired) electrons. The number of carbonyl (C=O) groups is 1. The first-order valence-corrected chi connectivity index (χ1v) is 12.4. The Kier molecular flexibility index (Phi) is 7.19. The van der Waals surface area contributed by atoms with Gasteiger partial charge in [-0.25, -0.2) is 9.59 Å². The van der Waals surface area contributed by atoms with Gasteiger partial charge in [-0.1, -0.05) is 26.0 Å². The lowest BCUT2D eigenvalue weighted by atomic mass is 10.2. The summed E-state index contributed by atoms with van der Waals surface area (Å²) in [5, 5.41) is 0. The van der Waals surface area contributed by atoms with E-state index in [1.54, 1.807) is 4.90 Å². The molecule has 186 valence electrons. The van der Waals surface area contributed by atoms with Gasteiger partial charge < -0.3 is 14.5 Å². The lowest BCUT2D eigenvalue weighted by Gasteiger charge is -2.35. The number of rotatable bonds is 5. The highest BCUT2D eigenvalue weighted by Crippen LogP contribution is 2.23. The van der Waals surface area contributed by atoms with E-state index >= 15 is 0 Å². The van der Waals surface area contributed by atoms with Crippen molar-refractivity contribution in [1.82, 2.24) is 23.8 Å². The summed E-state index contributed by atoms with van der Waals surface area (Å²) in [5.74, 6) is 0.669. The van der Waals surface area contributed by atoms with E-state index in [1.807, 2.05) is 60.2 Å². The van der Waals surface area contributed by atoms with Crippen molar-refractivity contribution in [1.29, 1.82) is 0 Å². The smallest absolute Gasteiger partial charge is 0.410 e. The lowest BCUT2D eigenvalue weighted by Crippen LogP contribution is -2.48. The minimum atomic E-state index is -0.522. The van der Waals surface area contributed by atoms with Gasteiger partial charge in [0.25, 0.3) is 0 Å². The molecule has 1 saturated heterocycles. The normalized spacial score (nSPS) is 18.5. The zero-order chi connectivity index (χ0) is 24.5. The topological polar surface area (TPSA) is 63.0 Å². The number of fused-ring (bicyclic) bond motifs is 1. The summed E-state index contributed by atoms with van der Waals surface area (Å²) in [6.45, 7) is 16.8.